The van der Waals surface area contributed by atoms with Crippen molar-refractivity contribution in [3.05, 3.63) is 23.8 Å². The first kappa shape index (κ1) is 10.8. The van der Waals surface area contributed by atoms with Crippen LogP contribution in [0.1, 0.15) is 23.2 Å². The molecule has 1 fully saturated rings. The van der Waals surface area contributed by atoms with Crippen LogP contribution in [0, 0.1) is 5.92 Å². The van der Waals surface area contributed by atoms with Crippen molar-refractivity contribution in [3.8, 4) is 5.75 Å². The molecule has 1 aliphatic rings. The zero-order chi connectivity index (χ0) is 11.7. The maximum absolute atomic E-state index is 12.0. The maximum Gasteiger partial charge on any atom is 0.255 e. The molecule has 1 amide bonds. The number of carbonyl (C=O) groups is 1. The Morgan fingerprint density at radius 1 is 1.56 bits per heavy atom. The molecule has 2 rings (SSSR count). The number of nitrogen functional groups attached to an aromatic ring is 1. The second-order valence-corrected chi connectivity index (χ2v) is 4.40. The molecule has 1 saturated carbocycles. The molecule has 0 bridgehead atoms. The Bertz CT molecular complexity index is 413. The van der Waals surface area contributed by atoms with Gasteiger partial charge in [0.2, 0.25) is 0 Å². The van der Waals surface area contributed by atoms with E-state index < -0.39 is 0 Å². The van der Waals surface area contributed by atoms with Crippen molar-refractivity contribution in [1.29, 1.82) is 0 Å². The van der Waals surface area contributed by atoms with Crippen LogP contribution in [0.15, 0.2) is 18.2 Å². The van der Waals surface area contributed by atoms with Gasteiger partial charge in [-0.3, -0.25) is 4.79 Å². The minimum absolute atomic E-state index is 0.0670. The molecule has 1 aromatic rings. The SMILES string of the molecule is CN(CC1CC1)C(=O)c1cc(O)ccc1N. The van der Waals surface area contributed by atoms with Crippen LogP contribution in [0.5, 0.6) is 5.75 Å². The van der Waals surface area contributed by atoms with Crippen LogP contribution < -0.4 is 5.73 Å². The fraction of sp³-hybridized carbons (Fsp3) is 0.417. The van der Waals surface area contributed by atoms with E-state index in [-0.39, 0.29) is 11.7 Å². The van der Waals surface area contributed by atoms with Crippen LogP contribution in [0.25, 0.3) is 0 Å². The standard InChI is InChI=1S/C12H16N2O2/c1-14(7-8-2-3-8)12(16)10-6-9(15)4-5-11(10)13/h4-6,8,15H,2-3,7,13H2,1H3. The monoisotopic (exact) mass is 220 g/mol. The van der Waals surface area contributed by atoms with E-state index in [1.165, 1.54) is 25.0 Å². The van der Waals surface area contributed by atoms with Crippen LogP contribution >= 0.6 is 0 Å². The second kappa shape index (κ2) is 4.04. The number of aromatic hydroxyl groups is 1. The number of rotatable bonds is 3. The number of hydrogen-bond donors (Lipinski definition) is 2. The van der Waals surface area contributed by atoms with Crippen molar-refractivity contribution < 1.29 is 9.90 Å². The van der Waals surface area contributed by atoms with Gasteiger partial charge < -0.3 is 15.7 Å². The number of nitrogens with two attached hydrogens (primary N) is 1. The minimum atomic E-state index is -0.125. The molecular formula is C12H16N2O2. The molecule has 0 heterocycles. The Morgan fingerprint density at radius 2 is 2.25 bits per heavy atom. The highest BCUT2D eigenvalue weighted by Gasteiger charge is 2.25. The maximum atomic E-state index is 12.0. The summed E-state index contributed by atoms with van der Waals surface area (Å²) in [4.78, 5) is 13.7. The second-order valence-electron chi connectivity index (χ2n) is 4.40. The summed E-state index contributed by atoms with van der Waals surface area (Å²) in [5, 5.41) is 9.34. The lowest BCUT2D eigenvalue weighted by molar-refractivity contribution is 0.0789. The summed E-state index contributed by atoms with van der Waals surface area (Å²) < 4.78 is 0. The summed E-state index contributed by atoms with van der Waals surface area (Å²) >= 11 is 0. The molecular weight excluding hydrogens is 204 g/mol. The number of amides is 1. The average Bonchev–Trinajstić information content (AvgIpc) is 3.04. The van der Waals surface area contributed by atoms with E-state index in [1.54, 1.807) is 18.0 Å². The van der Waals surface area contributed by atoms with Crippen LogP contribution in [0.4, 0.5) is 5.69 Å². The molecule has 4 nitrogen and oxygen atoms in total. The molecule has 0 aliphatic heterocycles. The zero-order valence-corrected chi connectivity index (χ0v) is 9.31. The van der Waals surface area contributed by atoms with Gasteiger partial charge in [0.05, 0.1) is 5.56 Å². The van der Waals surface area contributed by atoms with Crippen molar-refractivity contribution in [2.75, 3.05) is 19.3 Å². The number of carbonyl (C=O) groups excluding carboxylic acids is 1. The number of anilines is 1. The molecule has 4 heteroatoms. The molecule has 0 aromatic heterocycles. The van der Waals surface area contributed by atoms with Crippen molar-refractivity contribution in [1.82, 2.24) is 4.90 Å². The van der Waals surface area contributed by atoms with Gasteiger partial charge in [-0.05, 0) is 37.0 Å². The average molecular weight is 220 g/mol. The van der Waals surface area contributed by atoms with Gasteiger partial charge >= 0.3 is 0 Å². The summed E-state index contributed by atoms with van der Waals surface area (Å²) in [7, 11) is 1.77. The van der Waals surface area contributed by atoms with E-state index in [9.17, 15) is 9.90 Å². The Morgan fingerprint density at radius 3 is 2.88 bits per heavy atom. The highest BCUT2D eigenvalue weighted by Crippen LogP contribution is 2.30. The zero-order valence-electron chi connectivity index (χ0n) is 9.31. The van der Waals surface area contributed by atoms with E-state index in [4.69, 9.17) is 5.73 Å². The van der Waals surface area contributed by atoms with Gasteiger partial charge in [0.25, 0.3) is 5.91 Å². The van der Waals surface area contributed by atoms with E-state index >= 15 is 0 Å². The van der Waals surface area contributed by atoms with Crippen LogP contribution in [0.2, 0.25) is 0 Å². The minimum Gasteiger partial charge on any atom is -0.508 e. The van der Waals surface area contributed by atoms with Gasteiger partial charge in [-0.25, -0.2) is 0 Å². The summed E-state index contributed by atoms with van der Waals surface area (Å²) in [5.74, 6) is 0.588. The predicted octanol–water partition coefficient (Wildman–Crippen LogP) is 1.46. The highest BCUT2D eigenvalue weighted by molar-refractivity contribution is 5.99. The summed E-state index contributed by atoms with van der Waals surface area (Å²) in [6.45, 7) is 0.772. The summed E-state index contributed by atoms with van der Waals surface area (Å²) in [6, 6.07) is 4.45. The molecule has 1 aliphatic carbocycles. The normalized spacial score (nSPS) is 14.8. The van der Waals surface area contributed by atoms with Crippen LogP contribution in [0.3, 0.4) is 0 Å². The summed E-state index contributed by atoms with van der Waals surface area (Å²) in [5.41, 5.74) is 6.50. The predicted molar refractivity (Wildman–Crippen MR) is 62.2 cm³/mol. The molecule has 0 saturated heterocycles. The van der Waals surface area contributed by atoms with Crippen molar-refractivity contribution in [2.45, 2.75) is 12.8 Å². The van der Waals surface area contributed by atoms with Gasteiger partial charge in [-0.1, -0.05) is 0 Å². The molecule has 0 atom stereocenters. The molecule has 1 aromatic carbocycles. The summed E-state index contributed by atoms with van der Waals surface area (Å²) in [6.07, 6.45) is 2.40. The van der Waals surface area contributed by atoms with E-state index in [0.717, 1.165) is 6.54 Å². The molecule has 3 N–H and O–H groups in total. The van der Waals surface area contributed by atoms with E-state index in [1.807, 2.05) is 0 Å². The lowest BCUT2D eigenvalue weighted by Gasteiger charge is -2.17. The van der Waals surface area contributed by atoms with Gasteiger partial charge in [-0.2, -0.15) is 0 Å². The number of benzene rings is 1. The molecule has 86 valence electrons. The topological polar surface area (TPSA) is 66.6 Å². The van der Waals surface area contributed by atoms with Gasteiger partial charge in [0.15, 0.2) is 0 Å². The van der Waals surface area contributed by atoms with Crippen molar-refractivity contribution >= 4 is 11.6 Å². The number of nitrogens with zero attached hydrogens (tertiary/aromatic N) is 1. The third-order valence-electron chi connectivity index (χ3n) is 2.84. The highest BCUT2D eigenvalue weighted by atomic mass is 16.3. The van der Waals surface area contributed by atoms with Crippen molar-refractivity contribution in [3.63, 3.8) is 0 Å². The van der Waals surface area contributed by atoms with Gasteiger partial charge in [0.1, 0.15) is 5.75 Å². The Kier molecular flexibility index (Phi) is 2.73. The molecule has 16 heavy (non-hydrogen) atoms. The fourth-order valence-electron chi connectivity index (χ4n) is 1.71. The first-order valence-corrected chi connectivity index (χ1v) is 5.42. The van der Waals surface area contributed by atoms with E-state index in [0.29, 0.717) is 17.2 Å². The van der Waals surface area contributed by atoms with E-state index in [2.05, 4.69) is 0 Å². The molecule has 0 radical (unpaired) electrons. The van der Waals surface area contributed by atoms with Crippen molar-refractivity contribution in [2.24, 2.45) is 5.92 Å². The lowest BCUT2D eigenvalue weighted by atomic mass is 10.1. The smallest absolute Gasteiger partial charge is 0.255 e. The first-order valence-electron chi connectivity index (χ1n) is 5.42. The largest absolute Gasteiger partial charge is 0.508 e. The van der Waals surface area contributed by atoms with Crippen LogP contribution in [-0.4, -0.2) is 29.5 Å². The number of phenols is 1. The number of hydrogen-bond acceptors (Lipinski definition) is 3. The quantitative estimate of drug-likeness (QED) is 0.598. The number of phenolic OH excluding ortho intramolecular Hbond substituents is 1. The molecule has 0 spiro atoms. The third-order valence-corrected chi connectivity index (χ3v) is 2.84. The fourth-order valence-corrected chi connectivity index (χ4v) is 1.71. The van der Waals surface area contributed by atoms with Gasteiger partial charge in [0, 0.05) is 19.3 Å². The Labute approximate surface area is 94.7 Å². The molecule has 0 unspecified atom stereocenters. The first-order chi connectivity index (χ1) is 7.58. The lowest BCUT2D eigenvalue weighted by Crippen LogP contribution is -2.29. The van der Waals surface area contributed by atoms with Crippen LogP contribution in [-0.2, 0) is 0 Å². The van der Waals surface area contributed by atoms with Gasteiger partial charge in [-0.15, -0.1) is 0 Å². The Hall–Kier alpha value is -1.71. The Balaban J connectivity index is 2.14. The third kappa shape index (κ3) is 2.27.